The van der Waals surface area contributed by atoms with Crippen LogP contribution in [0.4, 0.5) is 0 Å². The van der Waals surface area contributed by atoms with Gasteiger partial charge >= 0.3 is 0 Å². The maximum atomic E-state index is 12.2. The van der Waals surface area contributed by atoms with Crippen LogP contribution in [0.1, 0.15) is 49.4 Å². The van der Waals surface area contributed by atoms with E-state index in [1.165, 1.54) is 31.2 Å². The molecule has 2 aliphatic rings. The number of nitrogens with one attached hydrogen (secondary N) is 1. The molecule has 0 atom stereocenters. The normalized spacial score (nSPS) is 17.0. The average molecular weight is 339 g/mol. The summed E-state index contributed by atoms with van der Waals surface area (Å²) in [5, 5.41) is 11.4. The molecule has 2 aliphatic carbocycles. The molecule has 132 valence electrons. The van der Waals surface area contributed by atoms with E-state index in [1.807, 2.05) is 18.2 Å². The minimum absolute atomic E-state index is 0.118. The molecule has 0 spiro atoms. The molecule has 0 unspecified atom stereocenters. The lowest BCUT2D eigenvalue weighted by molar-refractivity contribution is -0.122. The van der Waals surface area contributed by atoms with Crippen LogP contribution < -0.4 is 5.32 Å². The highest BCUT2D eigenvalue weighted by Crippen LogP contribution is 2.44. The minimum atomic E-state index is 0.118. The number of hydrogen-bond acceptors (Lipinski definition) is 4. The lowest BCUT2D eigenvalue weighted by Gasteiger charge is -2.17. The zero-order valence-corrected chi connectivity index (χ0v) is 14.5. The fraction of sp³-hybridized carbons (Fsp3) is 0.550. The Balaban J connectivity index is 1.21. The van der Waals surface area contributed by atoms with Crippen LogP contribution in [0.15, 0.2) is 34.7 Å². The summed E-state index contributed by atoms with van der Waals surface area (Å²) in [6, 6.07) is 10.7. The molecule has 0 bridgehead atoms. The van der Waals surface area contributed by atoms with Crippen LogP contribution in [0.3, 0.4) is 0 Å². The number of aryl methyl sites for hydroxylation is 3. The van der Waals surface area contributed by atoms with E-state index in [4.69, 9.17) is 4.42 Å². The maximum Gasteiger partial charge on any atom is 0.220 e. The molecule has 1 heterocycles. The zero-order chi connectivity index (χ0) is 17.1. The Bertz CT molecular complexity index is 693. The Morgan fingerprint density at radius 1 is 1.00 bits per heavy atom. The van der Waals surface area contributed by atoms with Gasteiger partial charge < -0.3 is 9.73 Å². The van der Waals surface area contributed by atoms with Gasteiger partial charge in [-0.05, 0) is 49.5 Å². The van der Waals surface area contributed by atoms with E-state index in [0.29, 0.717) is 30.7 Å². The second kappa shape index (κ2) is 7.38. The Kier molecular flexibility index (Phi) is 4.81. The molecular weight excluding hydrogens is 314 g/mol. The summed E-state index contributed by atoms with van der Waals surface area (Å²) in [6.45, 7) is 0. The van der Waals surface area contributed by atoms with Crippen LogP contribution in [-0.4, -0.2) is 22.1 Å². The van der Waals surface area contributed by atoms with E-state index < -0.39 is 0 Å². The molecule has 2 fully saturated rings. The summed E-state index contributed by atoms with van der Waals surface area (Å²) >= 11 is 0. The topological polar surface area (TPSA) is 68.0 Å². The first-order valence-corrected chi connectivity index (χ1v) is 9.42. The lowest BCUT2D eigenvalue weighted by atomic mass is 10.1. The third-order valence-corrected chi connectivity index (χ3v) is 5.13. The summed E-state index contributed by atoms with van der Waals surface area (Å²) in [5.41, 5.74) is 1.26. The van der Waals surface area contributed by atoms with Gasteiger partial charge in [-0.25, -0.2) is 0 Å². The number of carbonyl (C=O) groups is 1. The molecule has 1 amide bonds. The van der Waals surface area contributed by atoms with Gasteiger partial charge in [-0.15, -0.1) is 10.2 Å². The van der Waals surface area contributed by atoms with Gasteiger partial charge in [0.1, 0.15) is 0 Å². The van der Waals surface area contributed by atoms with Crippen molar-refractivity contribution in [3.8, 4) is 0 Å². The third-order valence-electron chi connectivity index (χ3n) is 5.13. The van der Waals surface area contributed by atoms with E-state index in [2.05, 4.69) is 27.6 Å². The first kappa shape index (κ1) is 16.3. The molecule has 1 aromatic heterocycles. The average Bonchev–Trinajstić information content (AvgIpc) is 3.56. The number of carbonyl (C=O) groups excluding carboxylic acids is 1. The molecule has 2 aromatic rings. The second-order valence-electron chi connectivity index (χ2n) is 7.34. The lowest BCUT2D eigenvalue weighted by Crippen LogP contribution is -2.38. The smallest absolute Gasteiger partial charge is 0.220 e. The second-order valence-corrected chi connectivity index (χ2v) is 7.34. The molecule has 1 N–H and O–H groups in total. The van der Waals surface area contributed by atoms with E-state index in [0.717, 1.165) is 24.7 Å². The molecule has 5 heteroatoms. The van der Waals surface area contributed by atoms with Gasteiger partial charge in [0.15, 0.2) is 0 Å². The molecule has 25 heavy (non-hydrogen) atoms. The van der Waals surface area contributed by atoms with Crippen molar-refractivity contribution in [1.29, 1.82) is 0 Å². The SMILES string of the molecule is O=C(CCc1nnc(CCc2ccccc2)o1)NC(C1CC1)C1CC1. The number of rotatable bonds is 9. The van der Waals surface area contributed by atoms with Gasteiger partial charge in [-0.2, -0.15) is 0 Å². The van der Waals surface area contributed by atoms with Gasteiger partial charge in [0.25, 0.3) is 0 Å². The fourth-order valence-corrected chi connectivity index (χ4v) is 3.40. The van der Waals surface area contributed by atoms with Gasteiger partial charge in [-0.3, -0.25) is 4.79 Å². The number of aromatic nitrogens is 2. The monoisotopic (exact) mass is 339 g/mol. The Morgan fingerprint density at radius 3 is 2.28 bits per heavy atom. The van der Waals surface area contributed by atoms with E-state index in [1.54, 1.807) is 0 Å². The predicted octanol–water partition coefficient (Wildman–Crippen LogP) is 3.09. The van der Waals surface area contributed by atoms with Crippen LogP contribution >= 0.6 is 0 Å². The van der Waals surface area contributed by atoms with E-state index in [9.17, 15) is 4.79 Å². The summed E-state index contributed by atoms with van der Waals surface area (Å²) in [6.07, 6.45) is 7.65. The van der Waals surface area contributed by atoms with Crippen molar-refractivity contribution in [2.24, 2.45) is 11.8 Å². The fourth-order valence-electron chi connectivity index (χ4n) is 3.40. The molecule has 0 radical (unpaired) electrons. The number of amides is 1. The zero-order valence-electron chi connectivity index (χ0n) is 14.5. The van der Waals surface area contributed by atoms with Gasteiger partial charge in [0, 0.05) is 25.3 Å². The first-order valence-electron chi connectivity index (χ1n) is 9.42. The predicted molar refractivity (Wildman–Crippen MR) is 93.8 cm³/mol. The molecule has 1 aromatic carbocycles. The van der Waals surface area contributed by atoms with E-state index >= 15 is 0 Å². The van der Waals surface area contributed by atoms with Crippen molar-refractivity contribution in [2.75, 3.05) is 0 Å². The van der Waals surface area contributed by atoms with Crippen molar-refractivity contribution < 1.29 is 9.21 Å². The summed E-state index contributed by atoms with van der Waals surface area (Å²) in [4.78, 5) is 12.2. The number of hydrogen-bond donors (Lipinski definition) is 1. The highest BCUT2D eigenvalue weighted by atomic mass is 16.4. The Morgan fingerprint density at radius 2 is 1.64 bits per heavy atom. The Labute approximate surface area is 148 Å². The van der Waals surface area contributed by atoms with Crippen LogP contribution in [0.25, 0.3) is 0 Å². The quantitative estimate of drug-likeness (QED) is 0.762. The van der Waals surface area contributed by atoms with Crippen molar-refractivity contribution in [3.05, 3.63) is 47.7 Å². The largest absolute Gasteiger partial charge is 0.425 e. The molecule has 2 saturated carbocycles. The van der Waals surface area contributed by atoms with Crippen LogP contribution in [0.2, 0.25) is 0 Å². The Hall–Kier alpha value is -2.17. The highest BCUT2D eigenvalue weighted by Gasteiger charge is 2.42. The first-order chi connectivity index (χ1) is 12.3. The highest BCUT2D eigenvalue weighted by molar-refractivity contribution is 5.76. The molecule has 0 aliphatic heterocycles. The number of nitrogens with zero attached hydrogens (tertiary/aromatic N) is 2. The standard InChI is InChI=1S/C20H25N3O2/c24-17(21-20(15-7-8-15)16-9-10-16)11-13-19-23-22-18(25-19)12-6-14-4-2-1-3-5-14/h1-5,15-16,20H,6-13H2,(H,21,24). The van der Waals surface area contributed by atoms with Crippen molar-refractivity contribution in [1.82, 2.24) is 15.5 Å². The van der Waals surface area contributed by atoms with Crippen molar-refractivity contribution in [2.45, 2.75) is 57.4 Å². The summed E-state index contributed by atoms with van der Waals surface area (Å²) in [7, 11) is 0. The van der Waals surface area contributed by atoms with Crippen molar-refractivity contribution in [3.63, 3.8) is 0 Å². The van der Waals surface area contributed by atoms with Gasteiger partial charge in [-0.1, -0.05) is 30.3 Å². The van der Waals surface area contributed by atoms with Gasteiger partial charge in [0.05, 0.1) is 0 Å². The molecule has 0 saturated heterocycles. The summed E-state index contributed by atoms with van der Waals surface area (Å²) in [5.74, 6) is 2.78. The van der Waals surface area contributed by atoms with Crippen LogP contribution in [0, 0.1) is 11.8 Å². The van der Waals surface area contributed by atoms with Crippen molar-refractivity contribution >= 4 is 5.91 Å². The number of benzene rings is 1. The molecule has 5 nitrogen and oxygen atoms in total. The third kappa shape index (κ3) is 4.68. The minimum Gasteiger partial charge on any atom is -0.425 e. The van der Waals surface area contributed by atoms with Crippen LogP contribution in [0.5, 0.6) is 0 Å². The molecule has 4 rings (SSSR count). The van der Waals surface area contributed by atoms with Crippen LogP contribution in [-0.2, 0) is 24.1 Å². The summed E-state index contributed by atoms with van der Waals surface area (Å²) < 4.78 is 5.68. The molecular formula is C20H25N3O2. The maximum absolute atomic E-state index is 12.2. The van der Waals surface area contributed by atoms with E-state index in [-0.39, 0.29) is 5.91 Å². The van der Waals surface area contributed by atoms with Gasteiger partial charge in [0.2, 0.25) is 17.7 Å².